The van der Waals surface area contributed by atoms with E-state index in [0.717, 1.165) is 33.4 Å². The SMILES string of the molecule is c1ccc(-c2nc(-c3ccc(-c4nc5ccccc5o4)cc3)nc(-c3ccc4c(c3)-c3ccccc3C4(c3ccccc3)c3ccccc3)n2)cc1. The third-order valence-corrected chi connectivity index (χ3v) is 10.1. The van der Waals surface area contributed by atoms with Crippen molar-refractivity contribution in [1.29, 1.82) is 0 Å². The minimum absolute atomic E-state index is 0.469. The standard InChI is InChI=1S/C47H30N4O/c1-4-14-31(15-5-1)43-49-44(32-24-26-33(27-25-32)46-48-41-22-12-13-23-42(41)52-46)51-45(50-43)34-28-29-40-38(30-34)37-20-10-11-21-39(37)47(40,35-16-6-2-7-17-35)36-18-8-3-9-19-36/h1-30H. The van der Waals surface area contributed by atoms with Crippen molar-refractivity contribution in [1.82, 2.24) is 19.9 Å². The predicted molar refractivity (Wildman–Crippen MR) is 206 cm³/mol. The molecule has 0 fully saturated rings. The lowest BCUT2D eigenvalue weighted by atomic mass is 9.67. The third-order valence-electron chi connectivity index (χ3n) is 10.1. The van der Waals surface area contributed by atoms with Crippen LogP contribution >= 0.6 is 0 Å². The Balaban J connectivity index is 1.13. The van der Waals surface area contributed by atoms with Gasteiger partial charge < -0.3 is 4.42 Å². The lowest BCUT2D eigenvalue weighted by molar-refractivity contribution is 0.620. The van der Waals surface area contributed by atoms with Crippen molar-refractivity contribution in [3.63, 3.8) is 0 Å². The van der Waals surface area contributed by atoms with Gasteiger partial charge in [0.2, 0.25) is 5.89 Å². The zero-order valence-corrected chi connectivity index (χ0v) is 28.0. The molecule has 0 N–H and O–H groups in total. The Morgan fingerprint density at radius 3 is 1.54 bits per heavy atom. The Morgan fingerprint density at radius 2 is 0.865 bits per heavy atom. The number of rotatable bonds is 6. The molecule has 0 bridgehead atoms. The van der Waals surface area contributed by atoms with Gasteiger partial charge in [0.15, 0.2) is 23.1 Å². The Bertz CT molecular complexity index is 2650. The van der Waals surface area contributed by atoms with Crippen molar-refractivity contribution in [3.8, 4) is 56.7 Å². The summed E-state index contributed by atoms with van der Waals surface area (Å²) in [7, 11) is 0. The van der Waals surface area contributed by atoms with Crippen LogP contribution in [0, 0.1) is 0 Å². The topological polar surface area (TPSA) is 64.7 Å². The molecule has 9 aromatic rings. The molecule has 5 heteroatoms. The number of benzene rings is 7. The Morgan fingerprint density at radius 1 is 0.365 bits per heavy atom. The van der Waals surface area contributed by atoms with Crippen LogP contribution in [0.25, 0.3) is 67.8 Å². The lowest BCUT2D eigenvalue weighted by Crippen LogP contribution is -2.28. The first-order valence-electron chi connectivity index (χ1n) is 17.4. The molecule has 0 amide bonds. The van der Waals surface area contributed by atoms with Gasteiger partial charge in [0.05, 0.1) is 5.41 Å². The molecular formula is C47H30N4O. The van der Waals surface area contributed by atoms with Crippen LogP contribution in [0.1, 0.15) is 22.3 Å². The van der Waals surface area contributed by atoms with Crippen LogP contribution in [0.15, 0.2) is 186 Å². The number of aromatic nitrogens is 4. The molecule has 5 nitrogen and oxygen atoms in total. The predicted octanol–water partition coefficient (Wildman–Crippen LogP) is 11.0. The Kier molecular flexibility index (Phi) is 6.96. The van der Waals surface area contributed by atoms with Crippen molar-refractivity contribution in [3.05, 3.63) is 204 Å². The molecule has 2 heterocycles. The van der Waals surface area contributed by atoms with E-state index in [9.17, 15) is 0 Å². The highest BCUT2D eigenvalue weighted by atomic mass is 16.3. The van der Waals surface area contributed by atoms with Gasteiger partial charge in [-0.3, -0.25) is 0 Å². The van der Waals surface area contributed by atoms with Gasteiger partial charge in [0.25, 0.3) is 0 Å². The average Bonchev–Trinajstić information content (AvgIpc) is 3.80. The van der Waals surface area contributed by atoms with E-state index >= 15 is 0 Å². The number of hydrogen-bond acceptors (Lipinski definition) is 5. The molecule has 1 aliphatic rings. The molecule has 0 radical (unpaired) electrons. The van der Waals surface area contributed by atoms with E-state index in [1.807, 2.05) is 78.9 Å². The Hall–Kier alpha value is -6.98. The second kappa shape index (κ2) is 12.1. The van der Waals surface area contributed by atoms with Gasteiger partial charge >= 0.3 is 0 Å². The molecule has 2 aromatic heterocycles. The van der Waals surface area contributed by atoms with E-state index in [-0.39, 0.29) is 0 Å². The summed E-state index contributed by atoms with van der Waals surface area (Å²) in [6.07, 6.45) is 0. The highest BCUT2D eigenvalue weighted by Gasteiger charge is 2.46. The molecule has 244 valence electrons. The highest BCUT2D eigenvalue weighted by Crippen LogP contribution is 2.56. The van der Waals surface area contributed by atoms with E-state index in [4.69, 9.17) is 19.4 Å². The summed E-state index contributed by atoms with van der Waals surface area (Å²) in [5, 5.41) is 0. The molecule has 10 rings (SSSR count). The fourth-order valence-electron chi connectivity index (χ4n) is 7.70. The monoisotopic (exact) mass is 666 g/mol. The molecule has 0 saturated carbocycles. The largest absolute Gasteiger partial charge is 0.436 e. The molecule has 0 saturated heterocycles. The smallest absolute Gasteiger partial charge is 0.227 e. The van der Waals surface area contributed by atoms with E-state index < -0.39 is 5.41 Å². The first kappa shape index (κ1) is 29.9. The van der Waals surface area contributed by atoms with E-state index in [1.165, 1.54) is 33.4 Å². The molecule has 0 atom stereocenters. The fourth-order valence-corrected chi connectivity index (χ4v) is 7.70. The highest BCUT2D eigenvalue weighted by molar-refractivity contribution is 5.88. The number of oxazole rings is 1. The number of nitrogens with zero attached hydrogens (tertiary/aromatic N) is 4. The van der Waals surface area contributed by atoms with Crippen molar-refractivity contribution >= 4 is 11.1 Å². The minimum Gasteiger partial charge on any atom is -0.436 e. The maximum Gasteiger partial charge on any atom is 0.227 e. The van der Waals surface area contributed by atoms with Gasteiger partial charge in [-0.15, -0.1) is 0 Å². The first-order valence-corrected chi connectivity index (χ1v) is 17.4. The summed E-state index contributed by atoms with van der Waals surface area (Å²) < 4.78 is 6.03. The minimum atomic E-state index is -0.469. The average molecular weight is 667 g/mol. The molecule has 52 heavy (non-hydrogen) atoms. The van der Waals surface area contributed by atoms with Crippen LogP contribution < -0.4 is 0 Å². The van der Waals surface area contributed by atoms with E-state index in [1.54, 1.807) is 0 Å². The molecular weight excluding hydrogens is 637 g/mol. The van der Waals surface area contributed by atoms with Crippen molar-refractivity contribution in [2.75, 3.05) is 0 Å². The first-order chi connectivity index (χ1) is 25.8. The van der Waals surface area contributed by atoms with Crippen molar-refractivity contribution in [2.24, 2.45) is 0 Å². The van der Waals surface area contributed by atoms with Gasteiger partial charge in [-0.2, -0.15) is 0 Å². The van der Waals surface area contributed by atoms with Gasteiger partial charge in [-0.25, -0.2) is 19.9 Å². The second-order valence-electron chi connectivity index (χ2n) is 13.0. The molecule has 0 spiro atoms. The molecule has 7 aromatic carbocycles. The summed E-state index contributed by atoms with van der Waals surface area (Å²) in [5.41, 5.74) is 12.1. The zero-order chi connectivity index (χ0) is 34.5. The van der Waals surface area contributed by atoms with E-state index in [2.05, 4.69) is 108 Å². The summed E-state index contributed by atoms with van der Waals surface area (Å²) in [6.45, 7) is 0. The van der Waals surface area contributed by atoms with Gasteiger partial charge in [-0.05, 0) is 63.7 Å². The molecule has 1 aliphatic carbocycles. The summed E-state index contributed by atoms with van der Waals surface area (Å²) in [5.74, 6) is 2.41. The van der Waals surface area contributed by atoms with Crippen molar-refractivity contribution < 1.29 is 4.42 Å². The Labute approximate surface area is 301 Å². The van der Waals surface area contributed by atoms with Gasteiger partial charge in [0.1, 0.15) is 5.52 Å². The summed E-state index contributed by atoms with van der Waals surface area (Å²) in [6, 6.07) is 63.0. The van der Waals surface area contributed by atoms with Crippen molar-refractivity contribution in [2.45, 2.75) is 5.41 Å². The third kappa shape index (κ3) is 4.78. The van der Waals surface area contributed by atoms with E-state index in [0.29, 0.717) is 23.4 Å². The van der Waals surface area contributed by atoms with Gasteiger partial charge in [-0.1, -0.05) is 152 Å². The molecule has 0 aliphatic heterocycles. The second-order valence-corrected chi connectivity index (χ2v) is 13.0. The van der Waals surface area contributed by atoms with Crippen LogP contribution in [0.4, 0.5) is 0 Å². The summed E-state index contributed by atoms with van der Waals surface area (Å²) >= 11 is 0. The zero-order valence-electron chi connectivity index (χ0n) is 28.0. The molecule has 0 unspecified atom stereocenters. The maximum absolute atomic E-state index is 6.03. The lowest BCUT2D eigenvalue weighted by Gasteiger charge is -2.33. The number of fused-ring (bicyclic) bond motifs is 4. The number of hydrogen-bond donors (Lipinski definition) is 0. The quantitative estimate of drug-likeness (QED) is 0.177. The van der Waals surface area contributed by atoms with Crippen LogP contribution in [0.3, 0.4) is 0 Å². The maximum atomic E-state index is 6.03. The van der Waals surface area contributed by atoms with Crippen LogP contribution in [-0.2, 0) is 5.41 Å². The van der Waals surface area contributed by atoms with Crippen LogP contribution in [0.2, 0.25) is 0 Å². The summed E-state index contributed by atoms with van der Waals surface area (Å²) in [4.78, 5) is 19.8. The number of para-hydroxylation sites is 2. The fraction of sp³-hybridized carbons (Fsp3) is 0.0213. The van der Waals surface area contributed by atoms with Crippen LogP contribution in [-0.4, -0.2) is 19.9 Å². The normalized spacial score (nSPS) is 12.8. The van der Waals surface area contributed by atoms with Gasteiger partial charge in [0, 0.05) is 22.3 Å². The van der Waals surface area contributed by atoms with Crippen LogP contribution in [0.5, 0.6) is 0 Å².